The third-order valence-electron chi connectivity index (χ3n) is 4.40. The molecule has 1 aromatic carbocycles. The maximum atomic E-state index is 14.7. The molecular weight excluding hydrogens is 398 g/mol. The number of ether oxygens (including phenoxy) is 1. The molecule has 0 bridgehead atoms. The number of nitrogens with two attached hydrogens (primary N) is 1. The lowest BCUT2D eigenvalue weighted by Gasteiger charge is -2.24. The molecule has 2 atom stereocenters. The fraction of sp³-hybridized carbons (Fsp3) is 0.500. The van der Waals surface area contributed by atoms with Crippen LogP contribution in [0.4, 0.5) is 25.0 Å². The van der Waals surface area contributed by atoms with Crippen LogP contribution in [0.2, 0.25) is 0 Å². The van der Waals surface area contributed by atoms with Gasteiger partial charge in [0.25, 0.3) is 0 Å². The summed E-state index contributed by atoms with van der Waals surface area (Å²) in [5, 5.41) is 2.76. The van der Waals surface area contributed by atoms with E-state index in [0.29, 0.717) is 31.0 Å². The molecule has 0 spiro atoms. The fourth-order valence-electron chi connectivity index (χ4n) is 3.13. The molecule has 1 amide bonds. The summed E-state index contributed by atoms with van der Waals surface area (Å²) in [6.45, 7) is 1.08. The second-order valence-electron chi connectivity index (χ2n) is 6.31. The van der Waals surface area contributed by atoms with E-state index in [9.17, 15) is 17.8 Å². The number of rotatable bonds is 4. The Hall–Kier alpha value is -2.01. The second kappa shape index (κ2) is 8.34. The van der Waals surface area contributed by atoms with Crippen LogP contribution in [0.3, 0.4) is 0 Å². The molecule has 2 heterocycles. The van der Waals surface area contributed by atoms with E-state index in [0.717, 1.165) is 12.1 Å². The number of carbonyl (C=O) groups is 1. The van der Waals surface area contributed by atoms with Crippen LogP contribution >= 0.6 is 12.2 Å². The Labute approximate surface area is 163 Å². The molecule has 0 saturated carbocycles. The Balaban J connectivity index is 1.77. The number of thiocarbonyl (C=S) groups is 1. The molecular formula is C16H20F2N4O3S2. The number of amides is 1. The zero-order chi connectivity index (χ0) is 19.6. The molecule has 11 heteroatoms. The monoisotopic (exact) mass is 418 g/mol. The van der Waals surface area contributed by atoms with E-state index in [1.165, 1.54) is 4.90 Å². The minimum Gasteiger partial charge on any atom is -0.442 e. The van der Waals surface area contributed by atoms with E-state index in [4.69, 9.17) is 22.7 Å². The van der Waals surface area contributed by atoms with Gasteiger partial charge in [-0.2, -0.15) is 0 Å². The zero-order valence-electron chi connectivity index (χ0n) is 14.5. The summed E-state index contributed by atoms with van der Waals surface area (Å²) in [6.07, 6.45) is -0.629. The molecule has 0 aromatic heterocycles. The van der Waals surface area contributed by atoms with Gasteiger partial charge in [-0.1, -0.05) is 0 Å². The molecule has 0 radical (unpaired) electrons. The fourth-order valence-corrected chi connectivity index (χ4v) is 4.29. The molecule has 7 nitrogen and oxygen atoms in total. The number of hydrogen-bond donors (Lipinski definition) is 2. The van der Waals surface area contributed by atoms with Crippen molar-refractivity contribution < 1.29 is 22.5 Å². The van der Waals surface area contributed by atoms with Crippen molar-refractivity contribution in [1.82, 2.24) is 5.32 Å². The first-order valence-electron chi connectivity index (χ1n) is 8.45. The van der Waals surface area contributed by atoms with E-state index in [2.05, 4.69) is 5.32 Å². The van der Waals surface area contributed by atoms with Gasteiger partial charge in [-0.25, -0.2) is 13.6 Å². The van der Waals surface area contributed by atoms with Gasteiger partial charge in [0.05, 0.1) is 18.8 Å². The number of anilines is 2. The Bertz CT molecular complexity index is 757. The highest BCUT2D eigenvalue weighted by Crippen LogP contribution is 2.31. The van der Waals surface area contributed by atoms with Gasteiger partial charge in [-0.05, 0) is 18.6 Å². The standard InChI is InChI=1S/C16H20F2N4O3S2/c17-12-6-10(22-9-11(25-16(22)23)8-20-15(19)26)7-13(18)14(12)21-2-1-4-27(24)5-3-21/h6-7,11H,1-5,8-9H2,(H3,19,20,26). The minimum absolute atomic E-state index is 0.0734. The van der Waals surface area contributed by atoms with Crippen LogP contribution in [0.15, 0.2) is 12.1 Å². The lowest BCUT2D eigenvalue weighted by atomic mass is 10.2. The van der Waals surface area contributed by atoms with Crippen LogP contribution in [-0.2, 0) is 15.5 Å². The quantitative estimate of drug-likeness (QED) is 0.708. The predicted octanol–water partition coefficient (Wildman–Crippen LogP) is 1.08. The highest BCUT2D eigenvalue weighted by molar-refractivity contribution is 7.85. The molecule has 2 aliphatic rings. The Kier molecular flexibility index (Phi) is 6.10. The van der Waals surface area contributed by atoms with Gasteiger partial charge in [0.15, 0.2) is 16.7 Å². The van der Waals surface area contributed by atoms with Crippen molar-refractivity contribution in [3.05, 3.63) is 23.8 Å². The molecule has 3 N–H and O–H groups in total. The zero-order valence-corrected chi connectivity index (χ0v) is 16.1. The first-order valence-corrected chi connectivity index (χ1v) is 10.3. The topological polar surface area (TPSA) is 87.9 Å². The van der Waals surface area contributed by atoms with Gasteiger partial charge < -0.3 is 20.7 Å². The molecule has 1 aromatic rings. The van der Waals surface area contributed by atoms with Crippen molar-refractivity contribution in [2.45, 2.75) is 12.5 Å². The van der Waals surface area contributed by atoms with Crippen LogP contribution in [0, 0.1) is 11.6 Å². The molecule has 2 fully saturated rings. The number of nitrogens with one attached hydrogen (secondary N) is 1. The van der Waals surface area contributed by atoms with E-state index in [-0.39, 0.29) is 29.6 Å². The third kappa shape index (κ3) is 4.64. The van der Waals surface area contributed by atoms with Crippen LogP contribution in [0.5, 0.6) is 0 Å². The third-order valence-corrected chi connectivity index (χ3v) is 5.92. The number of halogens is 2. The van der Waals surface area contributed by atoms with E-state index >= 15 is 0 Å². The average molecular weight is 418 g/mol. The van der Waals surface area contributed by atoms with Gasteiger partial charge in [0.1, 0.15) is 11.8 Å². The minimum atomic E-state index is -0.966. The van der Waals surface area contributed by atoms with Crippen LogP contribution in [-0.4, -0.2) is 59.2 Å². The summed E-state index contributed by atoms with van der Waals surface area (Å²) in [4.78, 5) is 14.8. The van der Waals surface area contributed by atoms with Gasteiger partial charge in [-0.15, -0.1) is 0 Å². The number of cyclic esters (lactones) is 1. The SMILES string of the molecule is NC(=S)NCC1CN(c2cc(F)c(N3CCCS(=O)CC3)c(F)c2)C(=O)O1. The average Bonchev–Trinajstić information content (AvgIpc) is 2.84. The Morgan fingerprint density at radius 2 is 2.04 bits per heavy atom. The molecule has 3 rings (SSSR count). The Morgan fingerprint density at radius 3 is 2.70 bits per heavy atom. The van der Waals surface area contributed by atoms with E-state index < -0.39 is 34.6 Å². The summed E-state index contributed by atoms with van der Waals surface area (Å²) in [6, 6.07) is 2.23. The van der Waals surface area contributed by atoms with Crippen LogP contribution in [0.25, 0.3) is 0 Å². The first-order chi connectivity index (χ1) is 12.8. The number of carbonyl (C=O) groups excluding carboxylic acids is 1. The molecule has 2 aliphatic heterocycles. The highest BCUT2D eigenvalue weighted by Gasteiger charge is 2.33. The molecule has 148 valence electrons. The Morgan fingerprint density at radius 1 is 1.33 bits per heavy atom. The van der Waals surface area contributed by atoms with Gasteiger partial charge >= 0.3 is 6.09 Å². The number of benzene rings is 1. The van der Waals surface area contributed by atoms with Crippen molar-refractivity contribution in [2.75, 3.05) is 47.5 Å². The molecule has 2 saturated heterocycles. The van der Waals surface area contributed by atoms with E-state index in [1.807, 2.05) is 0 Å². The lowest BCUT2D eigenvalue weighted by Crippen LogP contribution is -2.37. The summed E-state index contributed by atoms with van der Waals surface area (Å²) in [5.74, 6) is -0.638. The molecule has 27 heavy (non-hydrogen) atoms. The maximum absolute atomic E-state index is 14.7. The highest BCUT2D eigenvalue weighted by atomic mass is 32.2. The number of hydrogen-bond acceptors (Lipinski definition) is 5. The van der Waals surface area contributed by atoms with Crippen molar-refractivity contribution in [1.29, 1.82) is 0 Å². The maximum Gasteiger partial charge on any atom is 0.414 e. The largest absolute Gasteiger partial charge is 0.442 e. The molecule has 2 unspecified atom stereocenters. The van der Waals surface area contributed by atoms with Gasteiger partial charge in [0, 0.05) is 47.5 Å². The smallest absolute Gasteiger partial charge is 0.414 e. The summed E-state index contributed by atoms with van der Waals surface area (Å²) >= 11 is 4.70. The summed E-state index contributed by atoms with van der Waals surface area (Å²) in [5.41, 5.74) is 5.26. The van der Waals surface area contributed by atoms with Crippen LogP contribution < -0.4 is 20.9 Å². The van der Waals surface area contributed by atoms with Gasteiger partial charge in [-0.3, -0.25) is 9.11 Å². The predicted molar refractivity (Wildman–Crippen MR) is 103 cm³/mol. The second-order valence-corrected chi connectivity index (χ2v) is 8.44. The van der Waals surface area contributed by atoms with Crippen molar-refractivity contribution >= 4 is 45.6 Å². The normalized spacial score (nSPS) is 23.1. The molecule has 0 aliphatic carbocycles. The van der Waals surface area contributed by atoms with E-state index in [1.54, 1.807) is 4.90 Å². The summed E-state index contributed by atoms with van der Waals surface area (Å²) in [7, 11) is -0.966. The summed E-state index contributed by atoms with van der Waals surface area (Å²) < 4.78 is 46.1. The number of nitrogens with zero attached hydrogens (tertiary/aromatic N) is 2. The van der Waals surface area contributed by atoms with Crippen molar-refractivity contribution in [3.63, 3.8) is 0 Å². The lowest BCUT2D eigenvalue weighted by molar-refractivity contribution is 0.143. The first kappa shape index (κ1) is 19.7. The van der Waals surface area contributed by atoms with Gasteiger partial charge in [0.2, 0.25) is 0 Å². The van der Waals surface area contributed by atoms with Crippen molar-refractivity contribution in [3.8, 4) is 0 Å². The van der Waals surface area contributed by atoms with Crippen LogP contribution in [0.1, 0.15) is 6.42 Å². The van der Waals surface area contributed by atoms with Crippen molar-refractivity contribution in [2.24, 2.45) is 5.73 Å².